The van der Waals surface area contributed by atoms with E-state index < -0.39 is 0 Å². The standard InChI is InChI=1S/C43H25N3O2/c1-2-9-26(10-3-1)43-45-35(24-36(46-43)32-15-8-18-40-42(32)33-12-4-5-16-37(33)47-40)31-14-6-11-27-23-28(19-20-29(27)31)30-13-7-17-39-41(30)34-25-44-22-21-38(34)48-39/h1-25H. The fourth-order valence-electron chi connectivity index (χ4n) is 7.01. The first-order valence-electron chi connectivity index (χ1n) is 15.9. The van der Waals surface area contributed by atoms with Gasteiger partial charge in [-0.3, -0.25) is 4.98 Å². The predicted octanol–water partition coefficient (Wildman–Crippen LogP) is 11.5. The molecule has 4 aromatic heterocycles. The number of para-hydroxylation sites is 1. The Labute approximate surface area is 274 Å². The van der Waals surface area contributed by atoms with E-state index in [2.05, 4.69) is 77.8 Å². The molecular weight excluding hydrogens is 590 g/mol. The van der Waals surface area contributed by atoms with Gasteiger partial charge in [-0.1, -0.05) is 103 Å². The molecular formula is C43H25N3O2. The van der Waals surface area contributed by atoms with Gasteiger partial charge < -0.3 is 8.83 Å². The Kier molecular flexibility index (Phi) is 5.81. The minimum atomic E-state index is 0.675. The summed E-state index contributed by atoms with van der Waals surface area (Å²) < 4.78 is 12.4. The highest BCUT2D eigenvalue weighted by molar-refractivity contribution is 6.14. The molecule has 10 rings (SSSR count). The van der Waals surface area contributed by atoms with E-state index in [0.717, 1.165) is 93.9 Å². The van der Waals surface area contributed by atoms with E-state index in [4.69, 9.17) is 18.8 Å². The van der Waals surface area contributed by atoms with Gasteiger partial charge in [-0.05, 0) is 58.3 Å². The number of hydrogen-bond donors (Lipinski definition) is 0. The van der Waals surface area contributed by atoms with E-state index in [1.165, 1.54) is 0 Å². The summed E-state index contributed by atoms with van der Waals surface area (Å²) in [4.78, 5) is 14.7. The lowest BCUT2D eigenvalue weighted by Gasteiger charge is -2.13. The van der Waals surface area contributed by atoms with Crippen molar-refractivity contribution in [2.75, 3.05) is 0 Å². The van der Waals surface area contributed by atoms with Gasteiger partial charge in [-0.15, -0.1) is 0 Å². The molecule has 0 aliphatic rings. The minimum Gasteiger partial charge on any atom is -0.456 e. The molecule has 0 amide bonds. The number of rotatable bonds is 4. The highest BCUT2D eigenvalue weighted by atomic mass is 16.3. The first kappa shape index (κ1) is 26.6. The van der Waals surface area contributed by atoms with Crippen LogP contribution < -0.4 is 0 Å². The second kappa shape index (κ2) is 10.5. The van der Waals surface area contributed by atoms with Crippen molar-refractivity contribution in [3.05, 3.63) is 152 Å². The van der Waals surface area contributed by atoms with Crippen LogP contribution >= 0.6 is 0 Å². The molecule has 0 N–H and O–H groups in total. The van der Waals surface area contributed by atoms with Crippen LogP contribution in [-0.4, -0.2) is 15.0 Å². The number of furan rings is 2. The monoisotopic (exact) mass is 615 g/mol. The second-order valence-electron chi connectivity index (χ2n) is 12.0. The van der Waals surface area contributed by atoms with E-state index in [9.17, 15) is 0 Å². The Morgan fingerprint density at radius 2 is 1.08 bits per heavy atom. The van der Waals surface area contributed by atoms with Crippen molar-refractivity contribution in [2.45, 2.75) is 0 Å². The van der Waals surface area contributed by atoms with Gasteiger partial charge in [0.25, 0.3) is 0 Å². The zero-order valence-corrected chi connectivity index (χ0v) is 25.6. The molecule has 0 aliphatic heterocycles. The largest absolute Gasteiger partial charge is 0.456 e. The van der Waals surface area contributed by atoms with Crippen molar-refractivity contribution in [2.24, 2.45) is 0 Å². The van der Waals surface area contributed by atoms with E-state index in [1.807, 2.05) is 72.9 Å². The molecule has 0 radical (unpaired) electrons. The Morgan fingerprint density at radius 1 is 0.417 bits per heavy atom. The van der Waals surface area contributed by atoms with E-state index >= 15 is 0 Å². The molecule has 0 unspecified atom stereocenters. The van der Waals surface area contributed by atoms with Crippen LogP contribution in [-0.2, 0) is 0 Å². The summed E-state index contributed by atoms with van der Waals surface area (Å²) in [5.74, 6) is 0.675. The van der Waals surface area contributed by atoms with Gasteiger partial charge in [0.15, 0.2) is 5.82 Å². The fourth-order valence-corrected chi connectivity index (χ4v) is 7.01. The molecule has 0 saturated heterocycles. The topological polar surface area (TPSA) is 65.0 Å². The zero-order chi connectivity index (χ0) is 31.6. The Balaban J connectivity index is 1.18. The molecule has 0 spiro atoms. The molecule has 0 aliphatic carbocycles. The van der Waals surface area contributed by atoms with Gasteiger partial charge in [0.2, 0.25) is 0 Å². The molecule has 0 atom stereocenters. The predicted molar refractivity (Wildman–Crippen MR) is 194 cm³/mol. The van der Waals surface area contributed by atoms with Gasteiger partial charge >= 0.3 is 0 Å². The summed E-state index contributed by atoms with van der Waals surface area (Å²) in [7, 11) is 0. The van der Waals surface area contributed by atoms with Crippen molar-refractivity contribution in [1.82, 2.24) is 15.0 Å². The third-order valence-electron chi connectivity index (χ3n) is 9.20. The van der Waals surface area contributed by atoms with Crippen molar-refractivity contribution >= 4 is 54.6 Å². The summed E-state index contributed by atoms with van der Waals surface area (Å²) in [6.45, 7) is 0. The van der Waals surface area contributed by atoms with Crippen molar-refractivity contribution < 1.29 is 8.83 Å². The molecule has 48 heavy (non-hydrogen) atoms. The van der Waals surface area contributed by atoms with Crippen LogP contribution in [0.3, 0.4) is 0 Å². The van der Waals surface area contributed by atoms with Crippen LogP contribution in [0.4, 0.5) is 0 Å². The number of nitrogens with zero attached hydrogens (tertiary/aromatic N) is 3. The first-order valence-corrected chi connectivity index (χ1v) is 15.9. The molecule has 4 heterocycles. The normalized spacial score (nSPS) is 11.8. The second-order valence-corrected chi connectivity index (χ2v) is 12.0. The Morgan fingerprint density at radius 3 is 1.94 bits per heavy atom. The van der Waals surface area contributed by atoms with Crippen molar-refractivity contribution in [3.63, 3.8) is 0 Å². The number of pyridine rings is 1. The van der Waals surface area contributed by atoms with Gasteiger partial charge in [0.05, 0.1) is 11.4 Å². The van der Waals surface area contributed by atoms with E-state index in [0.29, 0.717) is 5.82 Å². The maximum absolute atomic E-state index is 6.24. The molecule has 6 aromatic carbocycles. The lowest BCUT2D eigenvalue weighted by atomic mass is 9.94. The summed E-state index contributed by atoms with van der Waals surface area (Å²) >= 11 is 0. The summed E-state index contributed by atoms with van der Waals surface area (Å²) in [6.07, 6.45) is 3.65. The van der Waals surface area contributed by atoms with Gasteiger partial charge in [0.1, 0.15) is 22.3 Å². The lowest BCUT2D eigenvalue weighted by molar-refractivity contribution is 0.668. The number of fused-ring (bicyclic) bond motifs is 7. The third kappa shape index (κ3) is 4.15. The molecule has 0 saturated carbocycles. The first-order chi connectivity index (χ1) is 23.8. The number of hydrogen-bond acceptors (Lipinski definition) is 5. The molecule has 5 heteroatoms. The molecule has 5 nitrogen and oxygen atoms in total. The van der Waals surface area contributed by atoms with Gasteiger partial charge in [-0.2, -0.15) is 0 Å². The van der Waals surface area contributed by atoms with E-state index in [1.54, 1.807) is 6.20 Å². The Hall–Kier alpha value is -6.59. The number of benzene rings is 6. The minimum absolute atomic E-state index is 0.675. The van der Waals surface area contributed by atoms with Crippen LogP contribution in [0.2, 0.25) is 0 Å². The average Bonchev–Trinajstić information content (AvgIpc) is 3.73. The van der Waals surface area contributed by atoms with Crippen molar-refractivity contribution in [3.8, 4) is 45.0 Å². The summed E-state index contributed by atoms with van der Waals surface area (Å²) in [6, 6.07) is 47.8. The Bertz CT molecular complexity index is 2850. The van der Waals surface area contributed by atoms with Crippen LogP contribution in [0, 0.1) is 0 Å². The summed E-state index contributed by atoms with van der Waals surface area (Å²) in [5, 5.41) is 6.44. The van der Waals surface area contributed by atoms with Gasteiger partial charge in [-0.25, -0.2) is 9.97 Å². The third-order valence-corrected chi connectivity index (χ3v) is 9.20. The quantitative estimate of drug-likeness (QED) is 0.197. The SMILES string of the molecule is c1ccc(-c2nc(-c3cccc4cc(-c5cccc6oc7ccncc7c56)ccc34)cc(-c3cccc4oc5ccccc5c34)n2)cc1. The van der Waals surface area contributed by atoms with E-state index in [-0.39, 0.29) is 0 Å². The molecule has 10 aromatic rings. The molecule has 224 valence electrons. The van der Waals surface area contributed by atoms with Crippen molar-refractivity contribution in [1.29, 1.82) is 0 Å². The maximum Gasteiger partial charge on any atom is 0.160 e. The van der Waals surface area contributed by atoms with Crippen LogP contribution in [0.15, 0.2) is 161 Å². The van der Waals surface area contributed by atoms with Crippen LogP contribution in [0.5, 0.6) is 0 Å². The number of aromatic nitrogens is 3. The van der Waals surface area contributed by atoms with Gasteiger partial charge in [0, 0.05) is 50.6 Å². The highest BCUT2D eigenvalue weighted by Gasteiger charge is 2.18. The van der Waals surface area contributed by atoms with Crippen LogP contribution in [0.25, 0.3) is 99.7 Å². The fraction of sp³-hybridized carbons (Fsp3) is 0. The zero-order valence-electron chi connectivity index (χ0n) is 25.6. The smallest absolute Gasteiger partial charge is 0.160 e. The molecule has 0 fully saturated rings. The highest BCUT2D eigenvalue weighted by Crippen LogP contribution is 2.40. The maximum atomic E-state index is 6.24. The molecule has 0 bridgehead atoms. The van der Waals surface area contributed by atoms with Crippen LogP contribution in [0.1, 0.15) is 0 Å². The lowest BCUT2D eigenvalue weighted by Crippen LogP contribution is -1.96. The average molecular weight is 616 g/mol. The summed E-state index contributed by atoms with van der Waals surface area (Å²) in [5.41, 5.74) is 10.3.